The van der Waals surface area contributed by atoms with Crippen LogP contribution in [0, 0.1) is 0 Å². The van der Waals surface area contributed by atoms with Gasteiger partial charge in [-0.2, -0.15) is 0 Å². The molecule has 0 aliphatic carbocycles. The number of halogens is 1. The third-order valence-electron chi connectivity index (χ3n) is 3.04. The van der Waals surface area contributed by atoms with E-state index < -0.39 is 0 Å². The summed E-state index contributed by atoms with van der Waals surface area (Å²) in [5, 5.41) is 0. The zero-order valence-corrected chi connectivity index (χ0v) is 12.4. The van der Waals surface area contributed by atoms with E-state index in [2.05, 4.69) is 50.4 Å². The molecule has 0 aromatic carbocycles. The Labute approximate surface area is 121 Å². The lowest BCUT2D eigenvalue weighted by atomic mass is 10.0. The predicted molar refractivity (Wildman–Crippen MR) is 79.3 cm³/mol. The highest BCUT2D eigenvalue weighted by atomic mass is 79.9. The van der Waals surface area contributed by atoms with E-state index in [1.54, 1.807) is 6.20 Å². The van der Waals surface area contributed by atoms with Crippen LogP contribution in [0.4, 0.5) is 0 Å². The van der Waals surface area contributed by atoms with Gasteiger partial charge in [-0.1, -0.05) is 13.0 Å². The van der Waals surface area contributed by atoms with Crippen molar-refractivity contribution in [3.63, 3.8) is 0 Å². The van der Waals surface area contributed by atoms with E-state index in [4.69, 9.17) is 5.84 Å². The van der Waals surface area contributed by atoms with E-state index in [0.717, 1.165) is 28.6 Å². The standard InChI is InChI=1S/C14H17BrN4/c1-2-10-3-4-13(18-7-10)6-14(19-16)11-5-12(15)9-17-8-11/h3-5,7-9,14,19H,2,6,16H2,1H3. The molecule has 0 bridgehead atoms. The molecule has 0 aliphatic heterocycles. The van der Waals surface area contributed by atoms with E-state index in [9.17, 15) is 0 Å². The van der Waals surface area contributed by atoms with E-state index in [0.29, 0.717) is 0 Å². The maximum absolute atomic E-state index is 5.64. The monoisotopic (exact) mass is 320 g/mol. The van der Waals surface area contributed by atoms with Crippen LogP contribution in [0.2, 0.25) is 0 Å². The molecule has 1 unspecified atom stereocenters. The number of nitrogens with two attached hydrogens (primary N) is 1. The fraction of sp³-hybridized carbons (Fsp3) is 0.286. The SMILES string of the molecule is CCc1ccc(CC(NN)c2cncc(Br)c2)nc1. The molecular weight excluding hydrogens is 304 g/mol. The molecule has 0 radical (unpaired) electrons. The van der Waals surface area contributed by atoms with Gasteiger partial charge < -0.3 is 0 Å². The number of hydrazine groups is 1. The maximum Gasteiger partial charge on any atom is 0.0530 e. The first-order chi connectivity index (χ1) is 9.22. The normalized spacial score (nSPS) is 12.4. The molecule has 19 heavy (non-hydrogen) atoms. The molecule has 1 atom stereocenters. The maximum atomic E-state index is 5.64. The molecule has 2 aromatic rings. The highest BCUT2D eigenvalue weighted by molar-refractivity contribution is 9.10. The largest absolute Gasteiger partial charge is 0.271 e. The van der Waals surface area contributed by atoms with Crippen LogP contribution in [0.1, 0.15) is 29.8 Å². The fourth-order valence-electron chi connectivity index (χ4n) is 1.89. The quantitative estimate of drug-likeness (QED) is 0.656. The van der Waals surface area contributed by atoms with Gasteiger partial charge in [-0.15, -0.1) is 0 Å². The van der Waals surface area contributed by atoms with Crippen molar-refractivity contribution in [2.45, 2.75) is 25.8 Å². The number of aryl methyl sites for hydroxylation is 1. The first kappa shape index (κ1) is 14.1. The summed E-state index contributed by atoms with van der Waals surface area (Å²) in [7, 11) is 0. The molecule has 100 valence electrons. The van der Waals surface area contributed by atoms with Crippen molar-refractivity contribution in [3.05, 3.63) is 58.1 Å². The van der Waals surface area contributed by atoms with Gasteiger partial charge in [-0.25, -0.2) is 0 Å². The molecular formula is C14H17BrN4. The summed E-state index contributed by atoms with van der Waals surface area (Å²) >= 11 is 3.42. The zero-order valence-electron chi connectivity index (χ0n) is 10.8. The number of hydrogen-bond acceptors (Lipinski definition) is 4. The summed E-state index contributed by atoms with van der Waals surface area (Å²) in [5.74, 6) is 5.64. The van der Waals surface area contributed by atoms with E-state index in [1.165, 1.54) is 5.56 Å². The lowest BCUT2D eigenvalue weighted by Gasteiger charge is -2.16. The Morgan fingerprint density at radius 3 is 2.74 bits per heavy atom. The van der Waals surface area contributed by atoms with Gasteiger partial charge in [0.1, 0.15) is 0 Å². The molecule has 0 saturated carbocycles. The van der Waals surface area contributed by atoms with Gasteiger partial charge in [0.25, 0.3) is 0 Å². The third-order valence-corrected chi connectivity index (χ3v) is 3.47. The number of aromatic nitrogens is 2. The van der Waals surface area contributed by atoms with Crippen LogP contribution in [0.5, 0.6) is 0 Å². The number of hydrogen-bond donors (Lipinski definition) is 2. The second-order valence-electron chi connectivity index (χ2n) is 4.37. The Kier molecular flexibility index (Phi) is 5.01. The summed E-state index contributed by atoms with van der Waals surface area (Å²) in [6.45, 7) is 2.12. The average Bonchev–Trinajstić information content (AvgIpc) is 2.45. The first-order valence-corrected chi connectivity index (χ1v) is 7.02. The van der Waals surface area contributed by atoms with Crippen molar-refractivity contribution < 1.29 is 0 Å². The summed E-state index contributed by atoms with van der Waals surface area (Å²) in [6.07, 6.45) is 7.23. The van der Waals surface area contributed by atoms with Crippen LogP contribution in [-0.2, 0) is 12.8 Å². The fourth-order valence-corrected chi connectivity index (χ4v) is 2.27. The Hall–Kier alpha value is -1.30. The minimum atomic E-state index is 0.00461. The van der Waals surface area contributed by atoms with E-state index in [-0.39, 0.29) is 6.04 Å². The number of rotatable bonds is 5. The van der Waals surface area contributed by atoms with Gasteiger partial charge in [-0.05, 0) is 45.6 Å². The van der Waals surface area contributed by atoms with Crippen molar-refractivity contribution in [3.8, 4) is 0 Å². The molecule has 0 fully saturated rings. The summed E-state index contributed by atoms with van der Waals surface area (Å²) in [6, 6.07) is 6.17. The van der Waals surface area contributed by atoms with Crippen molar-refractivity contribution in [2.24, 2.45) is 5.84 Å². The lowest BCUT2D eigenvalue weighted by Crippen LogP contribution is -2.29. The number of nitrogens with one attached hydrogen (secondary N) is 1. The number of pyridine rings is 2. The van der Waals surface area contributed by atoms with Crippen LogP contribution >= 0.6 is 15.9 Å². The topological polar surface area (TPSA) is 63.8 Å². The van der Waals surface area contributed by atoms with Crippen molar-refractivity contribution >= 4 is 15.9 Å². The first-order valence-electron chi connectivity index (χ1n) is 6.23. The molecule has 2 aromatic heterocycles. The molecule has 0 aliphatic rings. The lowest BCUT2D eigenvalue weighted by molar-refractivity contribution is 0.544. The van der Waals surface area contributed by atoms with Gasteiger partial charge >= 0.3 is 0 Å². The molecule has 0 saturated heterocycles. The minimum Gasteiger partial charge on any atom is -0.271 e. The summed E-state index contributed by atoms with van der Waals surface area (Å²) in [4.78, 5) is 8.62. The average molecular weight is 321 g/mol. The van der Waals surface area contributed by atoms with Gasteiger partial charge in [0.05, 0.1) is 6.04 Å². The zero-order chi connectivity index (χ0) is 13.7. The smallest absolute Gasteiger partial charge is 0.0530 e. The Bertz CT molecular complexity index is 527. The van der Waals surface area contributed by atoms with Gasteiger partial charge in [0.15, 0.2) is 0 Å². The highest BCUT2D eigenvalue weighted by Gasteiger charge is 2.12. The Morgan fingerprint density at radius 2 is 2.16 bits per heavy atom. The second kappa shape index (κ2) is 6.75. The molecule has 2 heterocycles. The minimum absolute atomic E-state index is 0.00461. The third kappa shape index (κ3) is 3.83. The highest BCUT2D eigenvalue weighted by Crippen LogP contribution is 2.19. The Balaban J connectivity index is 2.14. The molecule has 2 rings (SSSR count). The van der Waals surface area contributed by atoms with Crippen molar-refractivity contribution in [2.75, 3.05) is 0 Å². The van der Waals surface area contributed by atoms with E-state index >= 15 is 0 Å². The predicted octanol–water partition coefficient (Wildman–Crippen LogP) is 2.55. The molecule has 3 N–H and O–H groups in total. The van der Waals surface area contributed by atoms with Crippen LogP contribution < -0.4 is 11.3 Å². The van der Waals surface area contributed by atoms with Gasteiger partial charge in [0.2, 0.25) is 0 Å². The molecule has 0 amide bonds. The van der Waals surface area contributed by atoms with Crippen molar-refractivity contribution in [1.82, 2.24) is 15.4 Å². The number of nitrogens with zero attached hydrogens (tertiary/aromatic N) is 2. The van der Waals surface area contributed by atoms with Crippen molar-refractivity contribution in [1.29, 1.82) is 0 Å². The molecule has 4 nitrogen and oxygen atoms in total. The summed E-state index contributed by atoms with van der Waals surface area (Å²) < 4.78 is 0.944. The second-order valence-corrected chi connectivity index (χ2v) is 5.29. The summed E-state index contributed by atoms with van der Waals surface area (Å²) in [5.41, 5.74) is 6.12. The van der Waals surface area contributed by atoms with Crippen LogP contribution in [0.25, 0.3) is 0 Å². The van der Waals surface area contributed by atoms with Crippen LogP contribution in [0.15, 0.2) is 41.3 Å². The Morgan fingerprint density at radius 1 is 1.32 bits per heavy atom. The molecule has 0 spiro atoms. The molecule has 5 heteroatoms. The van der Waals surface area contributed by atoms with Gasteiger partial charge in [0, 0.05) is 35.2 Å². The van der Waals surface area contributed by atoms with Gasteiger partial charge in [-0.3, -0.25) is 21.2 Å². The van der Waals surface area contributed by atoms with Crippen LogP contribution in [-0.4, -0.2) is 9.97 Å². The van der Waals surface area contributed by atoms with E-state index in [1.807, 2.05) is 18.5 Å². The van der Waals surface area contributed by atoms with Crippen LogP contribution in [0.3, 0.4) is 0 Å².